The van der Waals surface area contributed by atoms with E-state index in [9.17, 15) is 16.8 Å². The van der Waals surface area contributed by atoms with Gasteiger partial charge in [0, 0.05) is 17.6 Å². The summed E-state index contributed by atoms with van der Waals surface area (Å²) < 4.78 is 49.8. The minimum absolute atomic E-state index is 0.00865. The lowest BCUT2D eigenvalue weighted by Gasteiger charge is -2.26. The molecular weight excluding hydrogens is 336 g/mol. The number of hydrogen-bond acceptors (Lipinski definition) is 5. The Bertz CT molecular complexity index is 747. The molecule has 9 heteroatoms. The van der Waals surface area contributed by atoms with Crippen molar-refractivity contribution in [3.8, 4) is 0 Å². The van der Waals surface area contributed by atoms with E-state index in [1.165, 1.54) is 22.5 Å². The van der Waals surface area contributed by atoms with Crippen LogP contribution in [0.15, 0.2) is 23.1 Å². The van der Waals surface area contributed by atoms with Crippen molar-refractivity contribution in [2.45, 2.75) is 24.3 Å². The normalized spacial score (nSPS) is 21.8. The van der Waals surface area contributed by atoms with E-state index in [1.54, 1.807) is 6.92 Å². The summed E-state index contributed by atoms with van der Waals surface area (Å²) in [6, 6.07) is 3.67. The fourth-order valence-corrected chi connectivity index (χ4v) is 6.35. The van der Waals surface area contributed by atoms with Gasteiger partial charge in [-0.2, -0.15) is 4.31 Å². The number of nitrogens with zero attached hydrogens (tertiary/aromatic N) is 1. The van der Waals surface area contributed by atoms with E-state index < -0.39 is 25.9 Å². The second kappa shape index (κ2) is 5.75. The van der Waals surface area contributed by atoms with Crippen LogP contribution in [0.3, 0.4) is 0 Å². The molecule has 1 aromatic rings. The SMILES string of the molecule is CCN(C1CCS(=O)(=O)C1)S(=O)(=O)c1cc(Cl)ccc1N. The molecule has 1 aliphatic heterocycles. The Labute approximate surface area is 129 Å². The molecule has 118 valence electrons. The minimum atomic E-state index is -3.88. The molecule has 1 aromatic carbocycles. The summed E-state index contributed by atoms with van der Waals surface area (Å²) in [6.45, 7) is 1.84. The summed E-state index contributed by atoms with van der Waals surface area (Å²) in [7, 11) is -7.05. The Kier molecular flexibility index (Phi) is 4.53. The topological polar surface area (TPSA) is 97.5 Å². The summed E-state index contributed by atoms with van der Waals surface area (Å²) in [5, 5.41) is 0.262. The van der Waals surface area contributed by atoms with Gasteiger partial charge in [0.1, 0.15) is 4.90 Å². The molecule has 1 unspecified atom stereocenters. The maximum atomic E-state index is 12.7. The van der Waals surface area contributed by atoms with Crippen LogP contribution in [0.2, 0.25) is 5.02 Å². The first-order valence-electron chi connectivity index (χ1n) is 6.44. The fourth-order valence-electron chi connectivity index (χ4n) is 2.48. The predicted octanol–water partition coefficient (Wildman–Crippen LogP) is 1.12. The van der Waals surface area contributed by atoms with Crippen molar-refractivity contribution in [2.24, 2.45) is 0 Å². The molecule has 1 heterocycles. The molecule has 1 fully saturated rings. The van der Waals surface area contributed by atoms with E-state index in [-0.39, 0.29) is 33.7 Å². The smallest absolute Gasteiger partial charge is 0.245 e. The highest BCUT2D eigenvalue weighted by Crippen LogP contribution is 2.29. The molecule has 21 heavy (non-hydrogen) atoms. The number of rotatable bonds is 4. The van der Waals surface area contributed by atoms with Crippen LogP contribution in [-0.2, 0) is 19.9 Å². The van der Waals surface area contributed by atoms with E-state index in [4.69, 9.17) is 17.3 Å². The van der Waals surface area contributed by atoms with E-state index in [1.807, 2.05) is 0 Å². The molecule has 1 aliphatic rings. The average Bonchev–Trinajstić information content (AvgIpc) is 2.73. The molecular formula is C12H17ClN2O4S2. The number of nitrogen functional groups attached to an aromatic ring is 1. The van der Waals surface area contributed by atoms with Gasteiger partial charge in [-0.25, -0.2) is 16.8 Å². The standard InChI is InChI=1S/C12H17ClN2O4S2/c1-2-15(10-5-6-20(16,17)8-10)21(18,19)12-7-9(13)3-4-11(12)14/h3-4,7,10H,2,5-6,8,14H2,1H3. The third kappa shape index (κ3) is 3.33. The van der Waals surface area contributed by atoms with Gasteiger partial charge in [0.25, 0.3) is 0 Å². The van der Waals surface area contributed by atoms with Crippen molar-refractivity contribution in [3.05, 3.63) is 23.2 Å². The number of sulfonamides is 1. The Hall–Kier alpha value is -0.830. The third-order valence-electron chi connectivity index (χ3n) is 3.49. The number of benzene rings is 1. The average molecular weight is 353 g/mol. The summed E-state index contributed by atoms with van der Waals surface area (Å²) in [4.78, 5) is -0.0823. The van der Waals surface area contributed by atoms with E-state index in [0.29, 0.717) is 6.42 Å². The van der Waals surface area contributed by atoms with Crippen LogP contribution in [0.1, 0.15) is 13.3 Å². The molecule has 0 aliphatic carbocycles. The zero-order valence-electron chi connectivity index (χ0n) is 11.5. The van der Waals surface area contributed by atoms with E-state index in [0.717, 1.165) is 0 Å². The predicted molar refractivity (Wildman–Crippen MR) is 82.5 cm³/mol. The number of sulfone groups is 1. The molecule has 2 rings (SSSR count). The zero-order chi connectivity index (χ0) is 15.8. The number of nitrogens with two attached hydrogens (primary N) is 1. The van der Waals surface area contributed by atoms with Crippen LogP contribution in [-0.4, -0.2) is 45.2 Å². The highest BCUT2D eigenvalue weighted by molar-refractivity contribution is 7.92. The lowest BCUT2D eigenvalue weighted by Crippen LogP contribution is -2.41. The summed E-state index contributed by atoms with van der Waals surface area (Å²) >= 11 is 5.84. The van der Waals surface area contributed by atoms with Crippen molar-refractivity contribution >= 4 is 37.1 Å². The lowest BCUT2D eigenvalue weighted by molar-refractivity contribution is 0.354. The largest absolute Gasteiger partial charge is 0.398 e. The van der Waals surface area contributed by atoms with Crippen LogP contribution in [0.5, 0.6) is 0 Å². The van der Waals surface area contributed by atoms with Crippen LogP contribution in [0.25, 0.3) is 0 Å². The zero-order valence-corrected chi connectivity index (χ0v) is 13.9. The van der Waals surface area contributed by atoms with Crippen molar-refractivity contribution in [2.75, 3.05) is 23.8 Å². The van der Waals surface area contributed by atoms with Crippen molar-refractivity contribution < 1.29 is 16.8 Å². The molecule has 0 radical (unpaired) electrons. The monoisotopic (exact) mass is 352 g/mol. The Morgan fingerprint density at radius 1 is 1.43 bits per heavy atom. The third-order valence-corrected chi connectivity index (χ3v) is 7.56. The van der Waals surface area contributed by atoms with Gasteiger partial charge in [0.2, 0.25) is 10.0 Å². The first-order valence-corrected chi connectivity index (χ1v) is 10.1. The highest BCUT2D eigenvalue weighted by Gasteiger charge is 2.38. The summed E-state index contributed by atoms with van der Waals surface area (Å²) in [5.41, 5.74) is 5.83. The summed E-state index contributed by atoms with van der Waals surface area (Å²) in [5.74, 6) is -0.144. The second-order valence-electron chi connectivity index (χ2n) is 4.95. The maximum Gasteiger partial charge on any atom is 0.245 e. The molecule has 0 spiro atoms. The van der Waals surface area contributed by atoms with E-state index in [2.05, 4.69) is 0 Å². The number of anilines is 1. The first kappa shape index (κ1) is 16.5. The van der Waals surface area contributed by atoms with Gasteiger partial charge in [0.15, 0.2) is 9.84 Å². The molecule has 0 amide bonds. The quantitative estimate of drug-likeness (QED) is 0.819. The Morgan fingerprint density at radius 3 is 2.62 bits per heavy atom. The van der Waals surface area contributed by atoms with Crippen LogP contribution in [0, 0.1) is 0 Å². The molecule has 2 N–H and O–H groups in total. The van der Waals surface area contributed by atoms with Crippen LogP contribution in [0.4, 0.5) is 5.69 Å². The van der Waals surface area contributed by atoms with Gasteiger partial charge >= 0.3 is 0 Å². The van der Waals surface area contributed by atoms with Gasteiger partial charge < -0.3 is 5.73 Å². The first-order chi connectivity index (χ1) is 9.67. The van der Waals surface area contributed by atoms with Crippen molar-refractivity contribution in [1.29, 1.82) is 0 Å². The lowest BCUT2D eigenvalue weighted by atomic mass is 10.3. The van der Waals surface area contributed by atoms with E-state index >= 15 is 0 Å². The van der Waals surface area contributed by atoms with Gasteiger partial charge in [-0.3, -0.25) is 0 Å². The molecule has 6 nitrogen and oxygen atoms in total. The van der Waals surface area contributed by atoms with Crippen LogP contribution < -0.4 is 5.73 Å². The fraction of sp³-hybridized carbons (Fsp3) is 0.500. The van der Waals surface area contributed by atoms with Crippen LogP contribution >= 0.6 is 11.6 Å². The molecule has 0 bridgehead atoms. The summed E-state index contributed by atoms with van der Waals surface area (Å²) in [6.07, 6.45) is 0.301. The van der Waals surface area contributed by atoms with Gasteiger partial charge in [0.05, 0.1) is 17.2 Å². The highest BCUT2D eigenvalue weighted by atomic mass is 35.5. The Morgan fingerprint density at radius 2 is 2.10 bits per heavy atom. The van der Waals surface area contributed by atoms with Gasteiger partial charge in [-0.05, 0) is 24.6 Å². The molecule has 0 saturated carbocycles. The molecule has 1 atom stereocenters. The number of hydrogen-bond donors (Lipinski definition) is 1. The van der Waals surface area contributed by atoms with Crippen molar-refractivity contribution in [3.63, 3.8) is 0 Å². The van der Waals surface area contributed by atoms with Crippen molar-refractivity contribution in [1.82, 2.24) is 4.31 Å². The minimum Gasteiger partial charge on any atom is -0.398 e. The van der Waals surface area contributed by atoms with Gasteiger partial charge in [-0.1, -0.05) is 18.5 Å². The van der Waals surface area contributed by atoms with Gasteiger partial charge in [-0.15, -0.1) is 0 Å². The Balaban J connectivity index is 2.43. The molecule has 0 aromatic heterocycles. The maximum absolute atomic E-state index is 12.7. The second-order valence-corrected chi connectivity index (χ2v) is 9.47. The number of halogens is 1. The molecule has 1 saturated heterocycles.